The first-order valence-electron chi connectivity index (χ1n) is 6.93. The van der Waals surface area contributed by atoms with Crippen molar-refractivity contribution in [2.75, 3.05) is 26.7 Å². The fraction of sp³-hybridized carbons (Fsp3) is 0.625. The first-order chi connectivity index (χ1) is 8.54. The Morgan fingerprint density at radius 1 is 1.22 bits per heavy atom. The SMILES string of the molecule is CN1CCC(c2ccccc2C(C)(C)CO)CC1. The van der Waals surface area contributed by atoms with Gasteiger partial charge in [0.25, 0.3) is 0 Å². The van der Waals surface area contributed by atoms with E-state index in [1.54, 1.807) is 0 Å². The third kappa shape index (κ3) is 2.76. The molecular formula is C16H25NO. The van der Waals surface area contributed by atoms with Crippen molar-refractivity contribution in [3.63, 3.8) is 0 Å². The maximum absolute atomic E-state index is 9.60. The van der Waals surface area contributed by atoms with Crippen LogP contribution >= 0.6 is 0 Å². The van der Waals surface area contributed by atoms with Crippen LogP contribution in [0.4, 0.5) is 0 Å². The van der Waals surface area contributed by atoms with E-state index in [4.69, 9.17) is 0 Å². The minimum Gasteiger partial charge on any atom is -0.395 e. The van der Waals surface area contributed by atoms with Crippen LogP contribution in [0.1, 0.15) is 43.7 Å². The monoisotopic (exact) mass is 247 g/mol. The van der Waals surface area contributed by atoms with Crippen LogP contribution in [0.15, 0.2) is 24.3 Å². The standard InChI is InChI=1S/C16H25NO/c1-16(2,12-18)15-7-5-4-6-14(15)13-8-10-17(3)11-9-13/h4-7,13,18H,8-12H2,1-3H3. The van der Waals surface area contributed by atoms with Crippen LogP contribution in [0.25, 0.3) is 0 Å². The average molecular weight is 247 g/mol. The summed E-state index contributed by atoms with van der Waals surface area (Å²) in [6.07, 6.45) is 2.46. The Morgan fingerprint density at radius 3 is 2.44 bits per heavy atom. The molecule has 0 aliphatic carbocycles. The minimum absolute atomic E-state index is 0.139. The van der Waals surface area contributed by atoms with Crippen molar-refractivity contribution in [1.29, 1.82) is 0 Å². The zero-order valence-corrected chi connectivity index (χ0v) is 11.8. The Bertz CT molecular complexity index is 392. The molecule has 18 heavy (non-hydrogen) atoms. The molecule has 2 rings (SSSR count). The summed E-state index contributed by atoms with van der Waals surface area (Å²) in [6, 6.07) is 8.66. The van der Waals surface area contributed by atoms with E-state index >= 15 is 0 Å². The Balaban J connectivity index is 2.28. The lowest BCUT2D eigenvalue weighted by Crippen LogP contribution is -2.31. The van der Waals surface area contributed by atoms with Crippen LogP contribution in [0.5, 0.6) is 0 Å². The molecule has 1 aliphatic heterocycles. The molecule has 0 spiro atoms. The maximum atomic E-state index is 9.60. The van der Waals surface area contributed by atoms with Gasteiger partial charge in [-0.15, -0.1) is 0 Å². The van der Waals surface area contributed by atoms with Crippen LogP contribution in [0.2, 0.25) is 0 Å². The molecule has 0 aromatic heterocycles. The van der Waals surface area contributed by atoms with Crippen LogP contribution in [0, 0.1) is 0 Å². The third-order valence-electron chi connectivity index (χ3n) is 4.24. The summed E-state index contributed by atoms with van der Waals surface area (Å²) in [6.45, 7) is 6.81. The van der Waals surface area contributed by atoms with Gasteiger partial charge in [0.15, 0.2) is 0 Å². The minimum atomic E-state index is -0.139. The van der Waals surface area contributed by atoms with E-state index < -0.39 is 0 Å². The highest BCUT2D eigenvalue weighted by Crippen LogP contribution is 2.35. The molecule has 1 fully saturated rings. The molecule has 2 nitrogen and oxygen atoms in total. The van der Waals surface area contributed by atoms with Crippen molar-refractivity contribution in [1.82, 2.24) is 4.90 Å². The molecule has 1 heterocycles. The molecular weight excluding hydrogens is 222 g/mol. The Kier molecular flexibility index (Phi) is 4.08. The van der Waals surface area contributed by atoms with E-state index in [0.717, 1.165) is 0 Å². The van der Waals surface area contributed by atoms with Crippen molar-refractivity contribution >= 4 is 0 Å². The Morgan fingerprint density at radius 2 is 1.83 bits per heavy atom. The number of piperidine rings is 1. The Labute approximate surface area is 111 Å². The summed E-state index contributed by atoms with van der Waals surface area (Å²) < 4.78 is 0. The molecule has 2 heteroatoms. The molecule has 0 atom stereocenters. The predicted molar refractivity (Wildman–Crippen MR) is 76.0 cm³/mol. The number of likely N-dealkylation sites (tertiary alicyclic amines) is 1. The molecule has 0 bridgehead atoms. The van der Waals surface area contributed by atoms with Crippen molar-refractivity contribution < 1.29 is 5.11 Å². The van der Waals surface area contributed by atoms with Gasteiger partial charge in [-0.3, -0.25) is 0 Å². The zero-order valence-electron chi connectivity index (χ0n) is 11.8. The van der Waals surface area contributed by atoms with Gasteiger partial charge in [0.05, 0.1) is 6.61 Å². The van der Waals surface area contributed by atoms with Gasteiger partial charge in [-0.1, -0.05) is 38.1 Å². The Hall–Kier alpha value is -0.860. The number of hydrogen-bond acceptors (Lipinski definition) is 2. The van der Waals surface area contributed by atoms with Gasteiger partial charge in [0.1, 0.15) is 0 Å². The first kappa shape index (κ1) is 13.6. The third-order valence-corrected chi connectivity index (χ3v) is 4.24. The van der Waals surface area contributed by atoms with Crippen molar-refractivity contribution in [2.45, 2.75) is 38.0 Å². The van der Waals surface area contributed by atoms with Gasteiger partial charge in [-0.25, -0.2) is 0 Å². The summed E-state index contributed by atoms with van der Waals surface area (Å²) >= 11 is 0. The lowest BCUT2D eigenvalue weighted by atomic mass is 9.77. The maximum Gasteiger partial charge on any atom is 0.0522 e. The van der Waals surface area contributed by atoms with Crippen molar-refractivity contribution in [3.05, 3.63) is 35.4 Å². The van der Waals surface area contributed by atoms with Crippen LogP contribution in [-0.4, -0.2) is 36.8 Å². The summed E-state index contributed by atoms with van der Waals surface area (Å²) in [7, 11) is 2.19. The second-order valence-corrected chi connectivity index (χ2v) is 6.21. The quantitative estimate of drug-likeness (QED) is 0.888. The van der Waals surface area contributed by atoms with E-state index in [0.29, 0.717) is 5.92 Å². The van der Waals surface area contributed by atoms with Gasteiger partial charge < -0.3 is 10.0 Å². The van der Waals surface area contributed by atoms with E-state index in [-0.39, 0.29) is 12.0 Å². The van der Waals surface area contributed by atoms with Crippen molar-refractivity contribution in [2.24, 2.45) is 0 Å². The molecule has 0 unspecified atom stereocenters. The van der Waals surface area contributed by atoms with Gasteiger partial charge in [-0.2, -0.15) is 0 Å². The molecule has 1 aromatic rings. The average Bonchev–Trinajstić information content (AvgIpc) is 2.40. The van der Waals surface area contributed by atoms with Crippen molar-refractivity contribution in [3.8, 4) is 0 Å². The van der Waals surface area contributed by atoms with E-state index in [1.165, 1.54) is 37.1 Å². The molecule has 1 saturated heterocycles. The second-order valence-electron chi connectivity index (χ2n) is 6.21. The van der Waals surface area contributed by atoms with E-state index in [9.17, 15) is 5.11 Å². The summed E-state index contributed by atoms with van der Waals surface area (Å²) in [5, 5.41) is 9.60. The number of aliphatic hydroxyl groups is 1. The molecule has 0 saturated carbocycles. The first-order valence-corrected chi connectivity index (χ1v) is 6.93. The highest BCUT2D eigenvalue weighted by molar-refractivity contribution is 5.36. The number of aliphatic hydroxyl groups excluding tert-OH is 1. The molecule has 100 valence electrons. The number of benzene rings is 1. The normalized spacial score (nSPS) is 19.1. The summed E-state index contributed by atoms with van der Waals surface area (Å²) in [4.78, 5) is 2.40. The highest BCUT2D eigenvalue weighted by atomic mass is 16.3. The van der Waals surface area contributed by atoms with E-state index in [2.05, 4.69) is 50.1 Å². The largest absolute Gasteiger partial charge is 0.395 e. The lowest BCUT2D eigenvalue weighted by Gasteiger charge is -2.33. The van der Waals surface area contributed by atoms with Gasteiger partial charge >= 0.3 is 0 Å². The van der Waals surface area contributed by atoms with Gasteiger partial charge in [0.2, 0.25) is 0 Å². The van der Waals surface area contributed by atoms with Crippen LogP contribution < -0.4 is 0 Å². The number of nitrogens with zero attached hydrogens (tertiary/aromatic N) is 1. The smallest absolute Gasteiger partial charge is 0.0522 e. The van der Waals surface area contributed by atoms with Crippen LogP contribution in [0.3, 0.4) is 0 Å². The number of rotatable bonds is 3. The number of hydrogen-bond donors (Lipinski definition) is 1. The summed E-state index contributed by atoms with van der Waals surface area (Å²) in [5.74, 6) is 0.656. The lowest BCUT2D eigenvalue weighted by molar-refractivity contribution is 0.214. The van der Waals surface area contributed by atoms with E-state index in [1.807, 2.05) is 0 Å². The molecule has 1 N–H and O–H groups in total. The zero-order chi connectivity index (χ0) is 13.2. The molecule has 0 radical (unpaired) electrons. The summed E-state index contributed by atoms with van der Waals surface area (Å²) in [5.41, 5.74) is 2.63. The predicted octanol–water partition coefficient (Wildman–Crippen LogP) is 2.77. The highest BCUT2D eigenvalue weighted by Gasteiger charge is 2.27. The fourth-order valence-electron chi connectivity index (χ4n) is 2.87. The van der Waals surface area contributed by atoms with Crippen LogP contribution in [-0.2, 0) is 5.41 Å². The fourth-order valence-corrected chi connectivity index (χ4v) is 2.87. The second kappa shape index (κ2) is 5.41. The molecule has 0 amide bonds. The van der Waals surface area contributed by atoms with Gasteiger partial charge in [0, 0.05) is 5.41 Å². The topological polar surface area (TPSA) is 23.5 Å². The molecule has 1 aromatic carbocycles. The van der Waals surface area contributed by atoms with Gasteiger partial charge in [-0.05, 0) is 50.0 Å². The molecule has 1 aliphatic rings.